The lowest BCUT2D eigenvalue weighted by atomic mass is 10.1. The van der Waals surface area contributed by atoms with E-state index in [9.17, 15) is 14.4 Å². The smallest absolute Gasteiger partial charge is 0.306 e. The summed E-state index contributed by atoms with van der Waals surface area (Å²) in [6.07, 6.45) is 50.9. The molecule has 0 aliphatic heterocycles. The molecule has 0 saturated carbocycles. The van der Waals surface area contributed by atoms with Crippen molar-refractivity contribution in [3.8, 4) is 0 Å². The predicted octanol–water partition coefficient (Wildman–Crippen LogP) is 14.8. The zero-order valence-corrected chi connectivity index (χ0v) is 36.2. The molecule has 0 aromatic carbocycles. The van der Waals surface area contributed by atoms with Gasteiger partial charge in [-0.25, -0.2) is 0 Å². The van der Waals surface area contributed by atoms with E-state index < -0.39 is 6.10 Å². The Balaban J connectivity index is 4.38. The third kappa shape index (κ3) is 42.4. The number of ether oxygens (including phenoxy) is 3. The molecule has 0 rings (SSSR count). The van der Waals surface area contributed by atoms with Gasteiger partial charge in [0.1, 0.15) is 13.2 Å². The van der Waals surface area contributed by atoms with Gasteiger partial charge in [0.2, 0.25) is 0 Å². The summed E-state index contributed by atoms with van der Waals surface area (Å²) in [5.74, 6) is -0.913. The third-order valence-corrected chi connectivity index (χ3v) is 9.88. The van der Waals surface area contributed by atoms with Crippen molar-refractivity contribution in [2.24, 2.45) is 0 Å². The summed E-state index contributed by atoms with van der Waals surface area (Å²) < 4.78 is 16.7. The van der Waals surface area contributed by atoms with Gasteiger partial charge in [0.15, 0.2) is 6.10 Å². The van der Waals surface area contributed by atoms with E-state index in [1.165, 1.54) is 103 Å². The minimum atomic E-state index is -0.780. The van der Waals surface area contributed by atoms with Crippen molar-refractivity contribution in [2.45, 2.75) is 232 Å². The van der Waals surface area contributed by atoms with E-state index in [4.69, 9.17) is 14.2 Å². The maximum atomic E-state index is 12.7. The zero-order valence-electron chi connectivity index (χ0n) is 36.2. The molecule has 0 saturated heterocycles. The van der Waals surface area contributed by atoms with Gasteiger partial charge >= 0.3 is 17.9 Å². The molecule has 0 aromatic rings. The first-order valence-electron chi connectivity index (χ1n) is 23.2. The van der Waals surface area contributed by atoms with E-state index in [1.54, 1.807) is 0 Å². The van der Waals surface area contributed by atoms with Crippen LogP contribution < -0.4 is 0 Å². The summed E-state index contributed by atoms with van der Waals surface area (Å²) in [4.78, 5) is 37.7. The van der Waals surface area contributed by atoms with Crippen LogP contribution in [0.15, 0.2) is 48.6 Å². The normalized spacial score (nSPS) is 12.4. The van der Waals surface area contributed by atoms with Crippen molar-refractivity contribution in [1.82, 2.24) is 0 Å². The Bertz CT molecular complexity index is 980. The molecule has 318 valence electrons. The molecular formula is C49H86O6. The van der Waals surface area contributed by atoms with E-state index >= 15 is 0 Å². The van der Waals surface area contributed by atoms with Crippen LogP contribution in [0.2, 0.25) is 0 Å². The van der Waals surface area contributed by atoms with Gasteiger partial charge < -0.3 is 14.2 Å². The summed E-state index contributed by atoms with van der Waals surface area (Å²) in [7, 11) is 0. The number of hydrogen-bond donors (Lipinski definition) is 0. The van der Waals surface area contributed by atoms with Crippen LogP contribution in [0.3, 0.4) is 0 Å². The lowest BCUT2D eigenvalue weighted by Crippen LogP contribution is -2.30. The highest BCUT2D eigenvalue weighted by Crippen LogP contribution is 2.14. The molecule has 6 heteroatoms. The van der Waals surface area contributed by atoms with Crippen molar-refractivity contribution in [1.29, 1.82) is 0 Å². The second-order valence-corrected chi connectivity index (χ2v) is 15.3. The number of unbranched alkanes of at least 4 members (excludes halogenated alkanes) is 24. The Kier molecular flexibility index (Phi) is 42.0. The Morgan fingerprint density at radius 2 is 0.727 bits per heavy atom. The van der Waals surface area contributed by atoms with Gasteiger partial charge in [-0.3, -0.25) is 14.4 Å². The highest BCUT2D eigenvalue weighted by molar-refractivity contribution is 5.71. The molecule has 0 N–H and O–H groups in total. The number of allylic oxidation sites excluding steroid dienone is 8. The van der Waals surface area contributed by atoms with Crippen LogP contribution in [0.1, 0.15) is 226 Å². The minimum Gasteiger partial charge on any atom is -0.462 e. The lowest BCUT2D eigenvalue weighted by Gasteiger charge is -2.18. The van der Waals surface area contributed by atoms with Crippen molar-refractivity contribution in [3.05, 3.63) is 48.6 Å². The minimum absolute atomic E-state index is 0.0819. The largest absolute Gasteiger partial charge is 0.462 e. The molecule has 0 radical (unpaired) electrons. The van der Waals surface area contributed by atoms with Gasteiger partial charge in [0, 0.05) is 19.3 Å². The molecule has 0 bridgehead atoms. The second-order valence-electron chi connectivity index (χ2n) is 15.3. The molecule has 55 heavy (non-hydrogen) atoms. The Morgan fingerprint density at radius 1 is 0.382 bits per heavy atom. The average molecular weight is 771 g/mol. The third-order valence-electron chi connectivity index (χ3n) is 9.88. The quantitative estimate of drug-likeness (QED) is 0.0202. The fourth-order valence-corrected chi connectivity index (χ4v) is 6.38. The van der Waals surface area contributed by atoms with Crippen molar-refractivity contribution >= 4 is 17.9 Å². The van der Waals surface area contributed by atoms with Gasteiger partial charge in [-0.1, -0.05) is 191 Å². The van der Waals surface area contributed by atoms with Crippen LogP contribution in [0.4, 0.5) is 0 Å². The fraction of sp³-hybridized carbons (Fsp3) is 0.776. The number of hydrogen-bond acceptors (Lipinski definition) is 6. The summed E-state index contributed by atoms with van der Waals surface area (Å²) in [6, 6.07) is 0. The molecule has 6 nitrogen and oxygen atoms in total. The molecular weight excluding hydrogens is 685 g/mol. The Morgan fingerprint density at radius 3 is 1.16 bits per heavy atom. The molecule has 0 fully saturated rings. The van der Waals surface area contributed by atoms with Gasteiger partial charge in [-0.05, 0) is 64.2 Å². The number of carbonyl (C=O) groups is 3. The molecule has 1 unspecified atom stereocenters. The topological polar surface area (TPSA) is 78.9 Å². The standard InChI is InChI=1S/C49H86O6/c1-4-7-10-13-16-19-21-23-24-26-27-30-33-36-39-42-48(51)54-45-46(44-53-47(50)41-38-35-32-29-18-15-12-9-6-3)55-49(52)43-40-37-34-31-28-25-22-20-17-14-11-8-5-2/h7,10,13,16,19,21,25,28,46H,4-6,8-9,11-12,14-15,17-18,20,22-24,26-27,29-45H2,1-3H3/b10-7-,16-13-,21-19-,28-25-. The van der Waals surface area contributed by atoms with Crippen LogP contribution >= 0.6 is 0 Å². The van der Waals surface area contributed by atoms with E-state index in [-0.39, 0.29) is 31.1 Å². The predicted molar refractivity (Wildman–Crippen MR) is 233 cm³/mol. The van der Waals surface area contributed by atoms with Gasteiger partial charge in [-0.2, -0.15) is 0 Å². The maximum Gasteiger partial charge on any atom is 0.306 e. The molecule has 0 heterocycles. The first kappa shape index (κ1) is 52.4. The summed E-state index contributed by atoms with van der Waals surface area (Å²) in [5, 5.41) is 0. The maximum absolute atomic E-state index is 12.7. The molecule has 1 atom stereocenters. The monoisotopic (exact) mass is 771 g/mol. The number of rotatable bonds is 41. The summed E-state index contributed by atoms with van der Waals surface area (Å²) in [6.45, 7) is 6.45. The Labute approximate surface area is 339 Å². The summed E-state index contributed by atoms with van der Waals surface area (Å²) >= 11 is 0. The van der Waals surface area contributed by atoms with Crippen molar-refractivity contribution in [3.63, 3.8) is 0 Å². The van der Waals surface area contributed by atoms with E-state index in [2.05, 4.69) is 69.4 Å². The molecule has 0 aromatic heterocycles. The van der Waals surface area contributed by atoms with Crippen LogP contribution in [-0.4, -0.2) is 37.2 Å². The van der Waals surface area contributed by atoms with Crippen LogP contribution in [0, 0.1) is 0 Å². The Hall–Kier alpha value is -2.63. The average Bonchev–Trinajstić information content (AvgIpc) is 3.18. The number of esters is 3. The van der Waals surface area contributed by atoms with E-state index in [0.29, 0.717) is 19.3 Å². The molecule has 0 aliphatic rings. The highest BCUT2D eigenvalue weighted by atomic mass is 16.6. The highest BCUT2D eigenvalue weighted by Gasteiger charge is 2.19. The van der Waals surface area contributed by atoms with E-state index in [1.807, 2.05) is 0 Å². The molecule has 0 aliphatic carbocycles. The van der Waals surface area contributed by atoms with Crippen LogP contribution in [0.25, 0.3) is 0 Å². The number of carbonyl (C=O) groups excluding carboxylic acids is 3. The van der Waals surface area contributed by atoms with Crippen LogP contribution in [-0.2, 0) is 28.6 Å². The summed E-state index contributed by atoms with van der Waals surface area (Å²) in [5.41, 5.74) is 0. The van der Waals surface area contributed by atoms with Gasteiger partial charge in [0.25, 0.3) is 0 Å². The fourth-order valence-electron chi connectivity index (χ4n) is 6.38. The van der Waals surface area contributed by atoms with Crippen LogP contribution in [0.5, 0.6) is 0 Å². The zero-order chi connectivity index (χ0) is 40.1. The van der Waals surface area contributed by atoms with Gasteiger partial charge in [-0.15, -0.1) is 0 Å². The first-order valence-corrected chi connectivity index (χ1v) is 23.2. The molecule has 0 spiro atoms. The molecule has 0 amide bonds. The van der Waals surface area contributed by atoms with Gasteiger partial charge in [0.05, 0.1) is 0 Å². The second kappa shape index (κ2) is 44.1. The van der Waals surface area contributed by atoms with Crippen molar-refractivity contribution in [2.75, 3.05) is 13.2 Å². The van der Waals surface area contributed by atoms with E-state index in [0.717, 1.165) is 83.5 Å². The SMILES string of the molecule is CC\C=C/C=C\C=C/CCCCCCCCCC(=O)OCC(COC(=O)CCCCCCCCCCC)OC(=O)CCCCC/C=C\CCCCCCCC. The lowest BCUT2D eigenvalue weighted by molar-refractivity contribution is -0.167. The first-order chi connectivity index (χ1) is 27.0. The van der Waals surface area contributed by atoms with Crippen molar-refractivity contribution < 1.29 is 28.6 Å².